The SMILES string of the molecule is CC.CCC(C)(C)N=Cc1c(N)ccc(NC(=O)c2ccc(=O)n(-c3c(F)cccc3F)n2)c1N1CCC(C)C1. The van der Waals surface area contributed by atoms with E-state index in [4.69, 9.17) is 10.7 Å². The molecule has 2 aromatic carbocycles. The van der Waals surface area contributed by atoms with Crippen molar-refractivity contribution >= 4 is 29.2 Å². The molecule has 0 bridgehead atoms. The van der Waals surface area contributed by atoms with Gasteiger partial charge >= 0.3 is 0 Å². The van der Waals surface area contributed by atoms with Gasteiger partial charge in [-0.25, -0.2) is 8.78 Å². The van der Waals surface area contributed by atoms with Gasteiger partial charge in [-0.05, 0) is 62.9 Å². The van der Waals surface area contributed by atoms with Gasteiger partial charge < -0.3 is 16.0 Å². The molecule has 3 N–H and O–H groups in total. The van der Waals surface area contributed by atoms with E-state index in [-0.39, 0.29) is 11.2 Å². The van der Waals surface area contributed by atoms with Crippen molar-refractivity contribution < 1.29 is 13.6 Å². The maximum atomic E-state index is 14.3. The van der Waals surface area contributed by atoms with Crippen LogP contribution in [0, 0.1) is 17.6 Å². The predicted octanol–water partition coefficient (Wildman–Crippen LogP) is 5.83. The van der Waals surface area contributed by atoms with Crippen LogP contribution in [0.3, 0.4) is 0 Å². The zero-order chi connectivity index (χ0) is 29.6. The summed E-state index contributed by atoms with van der Waals surface area (Å²) in [6, 6.07) is 8.88. The highest BCUT2D eigenvalue weighted by molar-refractivity contribution is 6.08. The number of nitrogen functional groups attached to an aromatic ring is 1. The Morgan fingerprint density at radius 2 is 1.82 bits per heavy atom. The van der Waals surface area contributed by atoms with Crippen LogP contribution in [0.4, 0.5) is 25.8 Å². The van der Waals surface area contributed by atoms with Gasteiger partial charge in [0.05, 0.1) is 16.9 Å². The Balaban J connectivity index is 0.00000216. The zero-order valence-corrected chi connectivity index (χ0v) is 24.0. The standard InChI is InChI=1S/C28H32F2N6O2.C2H6/c1-5-28(3,4)32-15-18-21(31)9-10-22(25(18)35-14-13-17(2)16-35)33-27(38)23-11-12-24(37)36(34-23)26-19(29)7-6-8-20(26)30;1-2/h6-12,15,17H,5,13-14,16,31H2,1-4H3,(H,33,38);1-2H3. The molecule has 1 amide bonds. The smallest absolute Gasteiger partial charge is 0.276 e. The lowest BCUT2D eigenvalue weighted by atomic mass is 10.0. The lowest BCUT2D eigenvalue weighted by molar-refractivity contribution is 0.102. The molecule has 40 heavy (non-hydrogen) atoms. The third-order valence-electron chi connectivity index (χ3n) is 6.83. The topological polar surface area (TPSA) is 106 Å². The molecule has 2 heterocycles. The van der Waals surface area contributed by atoms with Crippen LogP contribution in [0.1, 0.15) is 70.4 Å². The number of aliphatic imine (C=N–C) groups is 1. The number of hydrogen-bond acceptors (Lipinski definition) is 6. The van der Waals surface area contributed by atoms with Crippen molar-refractivity contribution in [2.24, 2.45) is 10.9 Å². The number of carbonyl (C=O) groups excluding carboxylic acids is 1. The number of benzene rings is 2. The second-order valence-electron chi connectivity index (χ2n) is 10.2. The summed E-state index contributed by atoms with van der Waals surface area (Å²) in [6.45, 7) is 13.8. The van der Waals surface area contributed by atoms with Gasteiger partial charge in [0.15, 0.2) is 11.6 Å². The van der Waals surface area contributed by atoms with Crippen LogP contribution in [0.5, 0.6) is 0 Å². The Labute approximate surface area is 233 Å². The van der Waals surface area contributed by atoms with Gasteiger partial charge in [-0.3, -0.25) is 14.6 Å². The lowest BCUT2D eigenvalue weighted by Crippen LogP contribution is -2.27. The fraction of sp³-hybridized carbons (Fsp3) is 0.400. The summed E-state index contributed by atoms with van der Waals surface area (Å²) in [5.74, 6) is -2.14. The van der Waals surface area contributed by atoms with E-state index in [1.807, 2.05) is 27.7 Å². The number of para-hydroxylation sites is 1. The normalized spacial score (nSPS) is 15.2. The first kappa shape index (κ1) is 30.5. The monoisotopic (exact) mass is 552 g/mol. The molecule has 1 atom stereocenters. The fourth-order valence-electron chi connectivity index (χ4n) is 4.24. The van der Waals surface area contributed by atoms with Crippen LogP contribution in [0.2, 0.25) is 0 Å². The van der Waals surface area contributed by atoms with Crippen molar-refractivity contribution in [2.75, 3.05) is 29.0 Å². The largest absolute Gasteiger partial charge is 0.398 e. The number of aromatic nitrogens is 2. The van der Waals surface area contributed by atoms with Crippen molar-refractivity contribution in [3.8, 4) is 5.69 Å². The minimum atomic E-state index is -0.972. The molecule has 3 aromatic rings. The molecule has 0 saturated carbocycles. The van der Waals surface area contributed by atoms with Crippen LogP contribution in [0.25, 0.3) is 5.69 Å². The predicted molar refractivity (Wildman–Crippen MR) is 158 cm³/mol. The molecular formula is C30H38F2N6O2. The van der Waals surface area contributed by atoms with Crippen molar-refractivity contribution in [1.29, 1.82) is 0 Å². The maximum absolute atomic E-state index is 14.3. The summed E-state index contributed by atoms with van der Waals surface area (Å²) < 4.78 is 29.2. The summed E-state index contributed by atoms with van der Waals surface area (Å²) in [5.41, 5.74) is 6.93. The van der Waals surface area contributed by atoms with Gasteiger partial charge in [0.1, 0.15) is 11.4 Å². The van der Waals surface area contributed by atoms with E-state index in [1.54, 1.807) is 18.3 Å². The Kier molecular flexibility index (Phi) is 9.78. The molecule has 1 aromatic heterocycles. The summed E-state index contributed by atoms with van der Waals surface area (Å²) in [4.78, 5) is 32.6. The minimum absolute atomic E-state index is 0.188. The molecule has 4 rings (SSSR count). The quantitative estimate of drug-likeness (QED) is 0.284. The van der Waals surface area contributed by atoms with E-state index in [1.165, 1.54) is 12.1 Å². The van der Waals surface area contributed by atoms with Gasteiger partial charge in [-0.1, -0.05) is 33.8 Å². The van der Waals surface area contributed by atoms with Crippen molar-refractivity contribution in [3.05, 3.63) is 75.7 Å². The maximum Gasteiger partial charge on any atom is 0.276 e. The molecule has 0 radical (unpaired) electrons. The number of rotatable bonds is 7. The van der Waals surface area contributed by atoms with E-state index >= 15 is 0 Å². The Bertz CT molecular complexity index is 1430. The van der Waals surface area contributed by atoms with Crippen molar-refractivity contribution in [1.82, 2.24) is 9.78 Å². The molecule has 1 unspecified atom stereocenters. The first-order valence-corrected chi connectivity index (χ1v) is 13.6. The van der Waals surface area contributed by atoms with E-state index in [2.05, 4.69) is 29.2 Å². The molecular weight excluding hydrogens is 514 g/mol. The van der Waals surface area contributed by atoms with Crippen LogP contribution in [0.15, 0.2) is 52.3 Å². The number of nitrogens with zero attached hydrogens (tertiary/aromatic N) is 4. The molecule has 1 fully saturated rings. The Morgan fingerprint density at radius 1 is 1.15 bits per heavy atom. The third kappa shape index (κ3) is 6.73. The summed E-state index contributed by atoms with van der Waals surface area (Å²) in [7, 11) is 0. The van der Waals surface area contributed by atoms with Gasteiger partial charge in [0, 0.05) is 36.6 Å². The first-order valence-electron chi connectivity index (χ1n) is 13.6. The Hall–Kier alpha value is -4.08. The van der Waals surface area contributed by atoms with E-state index < -0.39 is 28.8 Å². The molecule has 10 heteroatoms. The lowest BCUT2D eigenvalue weighted by Gasteiger charge is -2.26. The average molecular weight is 553 g/mol. The summed E-state index contributed by atoms with van der Waals surface area (Å²) in [5, 5.41) is 6.83. The summed E-state index contributed by atoms with van der Waals surface area (Å²) in [6.07, 6.45) is 3.58. The molecule has 1 aliphatic rings. The highest BCUT2D eigenvalue weighted by atomic mass is 19.1. The highest BCUT2D eigenvalue weighted by Gasteiger charge is 2.26. The molecule has 214 valence electrons. The molecule has 0 aliphatic carbocycles. The Morgan fingerprint density at radius 3 is 2.42 bits per heavy atom. The van der Waals surface area contributed by atoms with E-state index in [9.17, 15) is 18.4 Å². The van der Waals surface area contributed by atoms with Gasteiger partial charge in [-0.2, -0.15) is 9.78 Å². The van der Waals surface area contributed by atoms with Gasteiger partial charge in [-0.15, -0.1) is 0 Å². The van der Waals surface area contributed by atoms with Crippen molar-refractivity contribution in [2.45, 2.75) is 59.9 Å². The molecule has 0 spiro atoms. The average Bonchev–Trinajstić information content (AvgIpc) is 3.36. The first-order chi connectivity index (χ1) is 19.0. The number of halogens is 2. The second-order valence-corrected chi connectivity index (χ2v) is 10.2. The number of amides is 1. The number of nitrogens with two attached hydrogens (primary N) is 1. The van der Waals surface area contributed by atoms with Crippen LogP contribution in [-0.2, 0) is 0 Å². The molecule has 8 nitrogen and oxygen atoms in total. The van der Waals surface area contributed by atoms with Crippen LogP contribution >= 0.6 is 0 Å². The molecule has 1 saturated heterocycles. The number of hydrogen-bond donors (Lipinski definition) is 2. The fourth-order valence-corrected chi connectivity index (χ4v) is 4.24. The van der Waals surface area contributed by atoms with Crippen LogP contribution < -0.4 is 21.5 Å². The van der Waals surface area contributed by atoms with Crippen LogP contribution in [-0.4, -0.2) is 40.5 Å². The number of anilines is 3. The van der Waals surface area contributed by atoms with Gasteiger partial charge in [0.25, 0.3) is 11.5 Å². The third-order valence-corrected chi connectivity index (χ3v) is 6.83. The van der Waals surface area contributed by atoms with Gasteiger partial charge in [0.2, 0.25) is 0 Å². The number of nitrogens with one attached hydrogen (secondary N) is 1. The van der Waals surface area contributed by atoms with Crippen molar-refractivity contribution in [3.63, 3.8) is 0 Å². The number of carbonyl (C=O) groups is 1. The molecule has 1 aliphatic heterocycles. The second kappa shape index (κ2) is 12.8. The highest BCUT2D eigenvalue weighted by Crippen LogP contribution is 2.37. The zero-order valence-electron chi connectivity index (χ0n) is 24.0. The minimum Gasteiger partial charge on any atom is -0.398 e. The summed E-state index contributed by atoms with van der Waals surface area (Å²) >= 11 is 0. The van der Waals surface area contributed by atoms with E-state index in [0.29, 0.717) is 27.5 Å². The van der Waals surface area contributed by atoms with E-state index in [0.717, 1.165) is 49.8 Å².